The fourth-order valence-corrected chi connectivity index (χ4v) is 3.79. The lowest BCUT2D eigenvalue weighted by molar-refractivity contribution is -0.136. The van der Waals surface area contributed by atoms with Crippen LogP contribution in [0.2, 0.25) is 0 Å². The highest BCUT2D eigenvalue weighted by atomic mass is 19.2. The molecule has 24 heavy (non-hydrogen) atoms. The lowest BCUT2D eigenvalue weighted by Crippen LogP contribution is -2.48. The molecule has 0 saturated carbocycles. The van der Waals surface area contributed by atoms with Crippen LogP contribution < -0.4 is 0 Å². The monoisotopic (exact) mass is 339 g/mol. The van der Waals surface area contributed by atoms with Gasteiger partial charge in [-0.1, -0.05) is 12.1 Å². The van der Waals surface area contributed by atoms with E-state index in [1.54, 1.807) is 4.90 Å². The highest BCUT2D eigenvalue weighted by Gasteiger charge is 2.39. The van der Waals surface area contributed by atoms with E-state index >= 15 is 0 Å². The Balaban J connectivity index is 1.62. The SMILES string of the molecule is O=C(CCc1cccc(F)c1F)N1CCC[C@@H]1[C@H]1COCC[C@@H]1O. The first-order valence-corrected chi connectivity index (χ1v) is 8.56. The second kappa shape index (κ2) is 7.57. The van der Waals surface area contributed by atoms with Crippen LogP contribution in [0, 0.1) is 17.6 Å². The first kappa shape index (κ1) is 17.3. The van der Waals surface area contributed by atoms with Crippen molar-refractivity contribution < 1.29 is 23.4 Å². The molecule has 0 bridgehead atoms. The average Bonchev–Trinajstić information content (AvgIpc) is 3.06. The highest BCUT2D eigenvalue weighted by Crippen LogP contribution is 2.30. The van der Waals surface area contributed by atoms with Crippen LogP contribution in [-0.4, -0.2) is 47.8 Å². The normalized spacial score (nSPS) is 27.5. The van der Waals surface area contributed by atoms with Gasteiger partial charge in [0.15, 0.2) is 11.6 Å². The summed E-state index contributed by atoms with van der Waals surface area (Å²) in [6, 6.07) is 4.00. The largest absolute Gasteiger partial charge is 0.393 e. The van der Waals surface area contributed by atoms with Gasteiger partial charge in [-0.05, 0) is 37.3 Å². The van der Waals surface area contributed by atoms with Crippen LogP contribution in [0.25, 0.3) is 0 Å². The van der Waals surface area contributed by atoms with Crippen LogP contribution in [0.5, 0.6) is 0 Å². The molecule has 1 aromatic rings. The summed E-state index contributed by atoms with van der Waals surface area (Å²) in [6.45, 7) is 1.67. The smallest absolute Gasteiger partial charge is 0.223 e. The summed E-state index contributed by atoms with van der Waals surface area (Å²) < 4.78 is 32.4. The fraction of sp³-hybridized carbons (Fsp3) is 0.611. The van der Waals surface area contributed by atoms with Gasteiger partial charge in [0.1, 0.15) is 0 Å². The summed E-state index contributed by atoms with van der Waals surface area (Å²) in [5.74, 6) is -1.89. The molecule has 0 aromatic heterocycles. The Morgan fingerprint density at radius 3 is 2.96 bits per heavy atom. The van der Waals surface area contributed by atoms with Crippen LogP contribution in [0.1, 0.15) is 31.2 Å². The maximum absolute atomic E-state index is 13.7. The highest BCUT2D eigenvalue weighted by molar-refractivity contribution is 5.77. The lowest BCUT2D eigenvalue weighted by atomic mass is 9.89. The van der Waals surface area contributed by atoms with Crippen LogP contribution in [0.15, 0.2) is 18.2 Å². The van der Waals surface area contributed by atoms with Crippen LogP contribution in [-0.2, 0) is 16.0 Å². The molecule has 1 N–H and O–H groups in total. The number of likely N-dealkylation sites (tertiary alicyclic amines) is 1. The molecule has 132 valence electrons. The minimum atomic E-state index is -0.888. The van der Waals surface area contributed by atoms with Crippen LogP contribution >= 0.6 is 0 Å². The number of halogens is 2. The van der Waals surface area contributed by atoms with Crippen molar-refractivity contribution in [3.63, 3.8) is 0 Å². The number of amides is 1. The third kappa shape index (κ3) is 3.59. The molecule has 3 rings (SSSR count). The van der Waals surface area contributed by atoms with Crippen molar-refractivity contribution in [2.45, 2.75) is 44.2 Å². The molecule has 2 fully saturated rings. The first-order valence-electron chi connectivity index (χ1n) is 8.56. The van der Waals surface area contributed by atoms with Gasteiger partial charge in [0, 0.05) is 31.5 Å². The van der Waals surface area contributed by atoms with Crippen LogP contribution in [0.4, 0.5) is 8.78 Å². The standard InChI is InChI=1S/C18H23F2NO3/c19-14-4-1-3-12(18(14)20)6-7-17(23)21-9-2-5-15(21)13-11-24-10-8-16(13)22/h1,3-4,13,15-16,22H,2,5-11H2/t13-,15-,16+/m1/s1. The second-order valence-electron chi connectivity index (χ2n) is 6.60. The first-order chi connectivity index (χ1) is 11.6. The molecule has 2 aliphatic rings. The van der Waals surface area contributed by atoms with E-state index in [2.05, 4.69) is 0 Å². The second-order valence-corrected chi connectivity index (χ2v) is 6.60. The third-order valence-electron chi connectivity index (χ3n) is 5.12. The molecule has 2 aliphatic heterocycles. The van der Waals surface area contributed by atoms with E-state index in [4.69, 9.17) is 4.74 Å². The van der Waals surface area contributed by atoms with Crippen molar-refractivity contribution in [1.29, 1.82) is 0 Å². The number of aryl methyl sites for hydroxylation is 1. The predicted octanol–water partition coefficient (Wildman–Crippen LogP) is 2.29. The van der Waals surface area contributed by atoms with Crippen molar-refractivity contribution in [1.82, 2.24) is 4.90 Å². The number of carbonyl (C=O) groups excluding carboxylic acids is 1. The summed E-state index contributed by atoms with van der Waals surface area (Å²) in [5, 5.41) is 10.2. The summed E-state index contributed by atoms with van der Waals surface area (Å²) in [6.07, 6.45) is 2.21. The Morgan fingerprint density at radius 2 is 2.17 bits per heavy atom. The van der Waals surface area contributed by atoms with E-state index in [0.29, 0.717) is 26.2 Å². The van der Waals surface area contributed by atoms with Gasteiger partial charge in [-0.3, -0.25) is 4.79 Å². The molecule has 6 heteroatoms. The van der Waals surface area contributed by atoms with Crippen LogP contribution in [0.3, 0.4) is 0 Å². The van der Waals surface area contributed by atoms with Gasteiger partial charge in [0.25, 0.3) is 0 Å². The summed E-state index contributed by atoms with van der Waals surface area (Å²) in [4.78, 5) is 14.4. The average molecular weight is 339 g/mol. The van der Waals surface area contributed by atoms with E-state index in [1.807, 2.05) is 0 Å². The number of hydrogen-bond acceptors (Lipinski definition) is 3. The fourth-order valence-electron chi connectivity index (χ4n) is 3.79. The zero-order valence-corrected chi connectivity index (χ0v) is 13.6. The van der Waals surface area contributed by atoms with E-state index in [-0.39, 0.29) is 36.3 Å². The van der Waals surface area contributed by atoms with Gasteiger partial charge in [0.05, 0.1) is 12.7 Å². The molecule has 2 saturated heterocycles. The third-order valence-corrected chi connectivity index (χ3v) is 5.12. The zero-order valence-electron chi connectivity index (χ0n) is 13.6. The Bertz CT molecular complexity index is 596. The summed E-state index contributed by atoms with van der Waals surface area (Å²) in [7, 11) is 0. The Kier molecular flexibility index (Phi) is 5.46. The molecular formula is C18H23F2NO3. The summed E-state index contributed by atoms with van der Waals surface area (Å²) in [5.41, 5.74) is 0.222. The lowest BCUT2D eigenvalue weighted by Gasteiger charge is -2.37. The zero-order chi connectivity index (χ0) is 17.1. The number of hydrogen-bond donors (Lipinski definition) is 1. The van der Waals surface area contributed by atoms with Gasteiger partial charge in [0.2, 0.25) is 5.91 Å². The predicted molar refractivity (Wildman–Crippen MR) is 84.3 cm³/mol. The minimum Gasteiger partial charge on any atom is -0.393 e. The number of rotatable bonds is 4. The molecule has 4 nitrogen and oxygen atoms in total. The molecule has 2 heterocycles. The minimum absolute atomic E-state index is 0.0230. The molecule has 0 unspecified atom stereocenters. The maximum Gasteiger partial charge on any atom is 0.223 e. The molecule has 1 aromatic carbocycles. The maximum atomic E-state index is 13.7. The number of ether oxygens (including phenoxy) is 1. The Morgan fingerprint density at radius 1 is 1.33 bits per heavy atom. The summed E-state index contributed by atoms with van der Waals surface area (Å²) >= 11 is 0. The molecule has 3 atom stereocenters. The number of aliphatic hydroxyl groups excluding tert-OH is 1. The van der Waals surface area contributed by atoms with Gasteiger partial charge >= 0.3 is 0 Å². The molecular weight excluding hydrogens is 316 g/mol. The topological polar surface area (TPSA) is 49.8 Å². The number of carbonyl (C=O) groups is 1. The van der Waals surface area contributed by atoms with Gasteiger partial charge in [-0.2, -0.15) is 0 Å². The molecule has 0 radical (unpaired) electrons. The Hall–Kier alpha value is -1.53. The van der Waals surface area contributed by atoms with Crippen molar-refractivity contribution in [2.75, 3.05) is 19.8 Å². The van der Waals surface area contributed by atoms with E-state index in [9.17, 15) is 18.7 Å². The molecule has 0 aliphatic carbocycles. The van der Waals surface area contributed by atoms with E-state index < -0.39 is 17.7 Å². The van der Waals surface area contributed by atoms with Crippen molar-refractivity contribution in [3.05, 3.63) is 35.4 Å². The van der Waals surface area contributed by atoms with Crippen molar-refractivity contribution >= 4 is 5.91 Å². The van der Waals surface area contributed by atoms with Crippen molar-refractivity contribution in [3.8, 4) is 0 Å². The number of nitrogens with zero attached hydrogens (tertiary/aromatic N) is 1. The van der Waals surface area contributed by atoms with Crippen molar-refractivity contribution in [2.24, 2.45) is 5.92 Å². The number of benzene rings is 1. The molecule has 0 spiro atoms. The van der Waals surface area contributed by atoms with E-state index in [1.165, 1.54) is 12.1 Å². The molecule has 1 amide bonds. The quantitative estimate of drug-likeness (QED) is 0.916. The Labute approximate surface area is 140 Å². The van der Waals surface area contributed by atoms with E-state index in [0.717, 1.165) is 18.9 Å². The van der Waals surface area contributed by atoms with Gasteiger partial charge in [-0.25, -0.2) is 8.78 Å². The number of aliphatic hydroxyl groups is 1. The van der Waals surface area contributed by atoms with Gasteiger partial charge in [-0.15, -0.1) is 0 Å². The van der Waals surface area contributed by atoms with Gasteiger partial charge < -0.3 is 14.7 Å².